The molecule has 1 aliphatic heterocycles. The number of nitrogens with zero attached hydrogens (tertiary/aromatic N) is 1. The van der Waals surface area contributed by atoms with Crippen LogP contribution < -0.4 is 10.6 Å². The summed E-state index contributed by atoms with van der Waals surface area (Å²) < 4.78 is 0. The zero-order chi connectivity index (χ0) is 15.7. The Bertz CT molecular complexity index is 455. The van der Waals surface area contributed by atoms with Crippen molar-refractivity contribution in [1.82, 2.24) is 15.5 Å². The molecular weight excluding hydrogens is 274 g/mol. The van der Waals surface area contributed by atoms with E-state index >= 15 is 0 Å². The minimum Gasteiger partial charge on any atom is -0.394 e. The summed E-state index contributed by atoms with van der Waals surface area (Å²) in [5.74, 6) is -0.823. The van der Waals surface area contributed by atoms with Crippen LogP contribution in [0.5, 0.6) is 0 Å². The van der Waals surface area contributed by atoms with Crippen LogP contribution >= 0.6 is 0 Å². The molecule has 7 heteroatoms. The maximum atomic E-state index is 12.1. The number of hydrogen-bond acceptors (Lipinski definition) is 4. The molecule has 0 atom stereocenters. The number of hydrogen-bond donors (Lipinski definition) is 3. The topological polar surface area (TPSA) is 98.7 Å². The molecule has 0 spiro atoms. The maximum Gasteiger partial charge on any atom is 0.325 e. The Morgan fingerprint density at radius 1 is 1.29 bits per heavy atom. The van der Waals surface area contributed by atoms with Gasteiger partial charge >= 0.3 is 6.03 Å². The van der Waals surface area contributed by atoms with Crippen molar-refractivity contribution >= 4 is 17.8 Å². The minimum atomic E-state index is -0.975. The normalized spacial score (nSPS) is 23.9. The van der Waals surface area contributed by atoms with Crippen molar-refractivity contribution in [2.75, 3.05) is 13.2 Å². The quantitative estimate of drug-likeness (QED) is 0.642. The second-order valence-corrected chi connectivity index (χ2v) is 6.49. The SMILES string of the molecule is CC1(C)NC(=O)N(CC(=O)NC2(CO)CCCCC2)C1=O. The van der Waals surface area contributed by atoms with Crippen molar-refractivity contribution in [2.24, 2.45) is 0 Å². The monoisotopic (exact) mass is 297 g/mol. The van der Waals surface area contributed by atoms with Gasteiger partial charge in [-0.2, -0.15) is 0 Å². The van der Waals surface area contributed by atoms with Crippen molar-refractivity contribution < 1.29 is 19.5 Å². The fourth-order valence-electron chi connectivity index (χ4n) is 2.99. The molecule has 0 aromatic rings. The third kappa shape index (κ3) is 3.18. The fourth-order valence-corrected chi connectivity index (χ4v) is 2.99. The highest BCUT2D eigenvalue weighted by Crippen LogP contribution is 2.27. The van der Waals surface area contributed by atoms with Gasteiger partial charge in [-0.15, -0.1) is 0 Å². The predicted molar refractivity (Wildman–Crippen MR) is 75.4 cm³/mol. The van der Waals surface area contributed by atoms with Gasteiger partial charge in [0.25, 0.3) is 5.91 Å². The van der Waals surface area contributed by atoms with Crippen LogP contribution in [0.25, 0.3) is 0 Å². The van der Waals surface area contributed by atoms with Gasteiger partial charge in [0, 0.05) is 0 Å². The summed E-state index contributed by atoms with van der Waals surface area (Å²) in [6.07, 6.45) is 4.45. The first-order chi connectivity index (χ1) is 9.80. The van der Waals surface area contributed by atoms with Crippen LogP contribution in [0, 0.1) is 0 Å². The Hall–Kier alpha value is -1.63. The van der Waals surface area contributed by atoms with Crippen molar-refractivity contribution in [3.8, 4) is 0 Å². The number of amides is 4. The Morgan fingerprint density at radius 2 is 1.90 bits per heavy atom. The molecule has 1 heterocycles. The fraction of sp³-hybridized carbons (Fsp3) is 0.786. The first-order valence-electron chi connectivity index (χ1n) is 7.36. The second-order valence-electron chi connectivity index (χ2n) is 6.49. The van der Waals surface area contributed by atoms with Gasteiger partial charge < -0.3 is 15.7 Å². The highest BCUT2D eigenvalue weighted by atomic mass is 16.3. The van der Waals surface area contributed by atoms with Gasteiger partial charge in [0.1, 0.15) is 12.1 Å². The molecule has 0 radical (unpaired) electrons. The number of aliphatic hydroxyl groups excluding tert-OH is 1. The molecule has 1 aliphatic carbocycles. The summed E-state index contributed by atoms with van der Waals surface area (Å²) >= 11 is 0. The van der Waals surface area contributed by atoms with E-state index in [1.54, 1.807) is 13.8 Å². The number of imide groups is 1. The molecule has 2 aliphatic rings. The first-order valence-corrected chi connectivity index (χ1v) is 7.36. The molecule has 2 fully saturated rings. The molecule has 118 valence electrons. The molecule has 0 aromatic heterocycles. The van der Waals surface area contributed by atoms with Gasteiger partial charge in [-0.3, -0.25) is 14.5 Å². The standard InChI is InChI=1S/C14H23N3O4/c1-13(2)11(20)17(12(21)16-13)8-10(19)15-14(9-18)6-4-3-5-7-14/h18H,3-9H2,1-2H3,(H,15,19)(H,16,21). The average Bonchev–Trinajstić information content (AvgIpc) is 2.62. The Kier molecular flexibility index (Phi) is 4.22. The third-order valence-corrected chi connectivity index (χ3v) is 4.26. The smallest absolute Gasteiger partial charge is 0.325 e. The molecule has 2 rings (SSSR count). The van der Waals surface area contributed by atoms with Gasteiger partial charge in [-0.1, -0.05) is 19.3 Å². The summed E-state index contributed by atoms with van der Waals surface area (Å²) in [7, 11) is 0. The van der Waals surface area contributed by atoms with Crippen molar-refractivity contribution in [2.45, 2.75) is 57.0 Å². The summed E-state index contributed by atoms with van der Waals surface area (Å²) in [6.45, 7) is 2.77. The maximum absolute atomic E-state index is 12.1. The van der Waals surface area contributed by atoms with E-state index < -0.39 is 28.9 Å². The van der Waals surface area contributed by atoms with Crippen LogP contribution in [0.3, 0.4) is 0 Å². The lowest BCUT2D eigenvalue weighted by Crippen LogP contribution is -2.55. The summed E-state index contributed by atoms with van der Waals surface area (Å²) in [5.41, 5.74) is -1.58. The Labute approximate surface area is 124 Å². The van der Waals surface area contributed by atoms with E-state index in [1.807, 2.05) is 0 Å². The molecule has 3 N–H and O–H groups in total. The zero-order valence-electron chi connectivity index (χ0n) is 12.6. The Morgan fingerprint density at radius 3 is 2.38 bits per heavy atom. The predicted octanol–water partition coefficient (Wildman–Crippen LogP) is 0.128. The van der Waals surface area contributed by atoms with E-state index in [4.69, 9.17) is 0 Å². The van der Waals surface area contributed by atoms with Crippen molar-refractivity contribution in [1.29, 1.82) is 0 Å². The van der Waals surface area contributed by atoms with E-state index in [0.717, 1.165) is 37.0 Å². The van der Waals surface area contributed by atoms with Gasteiger partial charge in [0.15, 0.2) is 0 Å². The highest BCUT2D eigenvalue weighted by Gasteiger charge is 2.45. The minimum absolute atomic E-state index is 0.121. The molecule has 1 saturated carbocycles. The zero-order valence-corrected chi connectivity index (χ0v) is 12.6. The third-order valence-electron chi connectivity index (χ3n) is 4.26. The molecule has 4 amide bonds. The van der Waals surface area contributed by atoms with Crippen LogP contribution in [-0.2, 0) is 9.59 Å². The van der Waals surface area contributed by atoms with Gasteiger partial charge in [-0.25, -0.2) is 4.79 Å². The van der Waals surface area contributed by atoms with Gasteiger partial charge in [0.2, 0.25) is 5.91 Å². The molecule has 7 nitrogen and oxygen atoms in total. The van der Waals surface area contributed by atoms with Crippen LogP contribution in [0.4, 0.5) is 4.79 Å². The van der Waals surface area contributed by atoms with E-state index in [1.165, 1.54) is 0 Å². The number of rotatable bonds is 4. The number of carbonyl (C=O) groups is 3. The van der Waals surface area contributed by atoms with E-state index in [-0.39, 0.29) is 13.2 Å². The molecule has 21 heavy (non-hydrogen) atoms. The van der Waals surface area contributed by atoms with Crippen molar-refractivity contribution in [3.05, 3.63) is 0 Å². The summed E-state index contributed by atoms with van der Waals surface area (Å²) in [6, 6.07) is -0.554. The number of urea groups is 1. The highest BCUT2D eigenvalue weighted by molar-refractivity contribution is 6.08. The number of aliphatic hydroxyl groups is 1. The van der Waals surface area contributed by atoms with Gasteiger partial charge in [-0.05, 0) is 26.7 Å². The number of nitrogens with one attached hydrogen (secondary N) is 2. The lowest BCUT2D eigenvalue weighted by Gasteiger charge is -2.36. The van der Waals surface area contributed by atoms with Crippen LogP contribution in [0.2, 0.25) is 0 Å². The molecule has 0 unspecified atom stereocenters. The van der Waals surface area contributed by atoms with E-state index in [0.29, 0.717) is 0 Å². The average molecular weight is 297 g/mol. The lowest BCUT2D eigenvalue weighted by molar-refractivity contribution is -0.135. The molecule has 1 saturated heterocycles. The first kappa shape index (κ1) is 15.8. The van der Waals surface area contributed by atoms with Crippen LogP contribution in [-0.4, -0.2) is 52.1 Å². The second kappa shape index (κ2) is 5.63. The molecule has 0 aromatic carbocycles. The Balaban J connectivity index is 1.98. The van der Waals surface area contributed by atoms with Crippen LogP contribution in [0.1, 0.15) is 46.0 Å². The molecular formula is C14H23N3O4. The van der Waals surface area contributed by atoms with E-state index in [9.17, 15) is 19.5 Å². The summed E-state index contributed by atoms with van der Waals surface area (Å²) in [4.78, 5) is 36.8. The van der Waals surface area contributed by atoms with Crippen LogP contribution in [0.15, 0.2) is 0 Å². The van der Waals surface area contributed by atoms with Crippen molar-refractivity contribution in [3.63, 3.8) is 0 Å². The van der Waals surface area contributed by atoms with E-state index in [2.05, 4.69) is 10.6 Å². The van der Waals surface area contributed by atoms with Gasteiger partial charge in [0.05, 0.1) is 12.1 Å². The molecule has 0 bridgehead atoms. The lowest BCUT2D eigenvalue weighted by atomic mass is 9.82. The number of carbonyl (C=O) groups excluding carboxylic acids is 3. The largest absolute Gasteiger partial charge is 0.394 e. The summed E-state index contributed by atoms with van der Waals surface area (Å²) in [5, 5.41) is 14.9.